The highest BCUT2D eigenvalue weighted by molar-refractivity contribution is 7.99. The maximum Gasteiger partial charge on any atom is 0.0666 e. The Bertz CT molecular complexity index is 321. The van der Waals surface area contributed by atoms with E-state index in [1.54, 1.807) is 0 Å². The molecule has 90 valence electrons. The van der Waals surface area contributed by atoms with Crippen LogP contribution in [0, 0.1) is 6.92 Å². The minimum absolute atomic E-state index is 0.448. The topological polar surface area (TPSA) is 35.2 Å². The normalized spacial score (nSPS) is 22.5. The molecule has 0 bridgehead atoms. The van der Waals surface area contributed by atoms with E-state index >= 15 is 0 Å². The Morgan fingerprint density at radius 2 is 2.56 bits per heavy atom. The predicted molar refractivity (Wildman–Crippen MR) is 72.3 cm³/mol. The lowest BCUT2D eigenvalue weighted by atomic mass is 10.2. The van der Waals surface area contributed by atoms with Crippen molar-refractivity contribution in [2.24, 2.45) is 5.73 Å². The van der Waals surface area contributed by atoms with E-state index in [9.17, 15) is 0 Å². The van der Waals surface area contributed by atoms with E-state index in [0.717, 1.165) is 18.9 Å². The van der Waals surface area contributed by atoms with Crippen molar-refractivity contribution in [1.82, 2.24) is 0 Å². The van der Waals surface area contributed by atoms with Gasteiger partial charge in [0.1, 0.15) is 0 Å². The summed E-state index contributed by atoms with van der Waals surface area (Å²) in [5, 5.41) is 2.60. The number of thioether (sulfide) groups is 1. The molecule has 2 N–H and O–H groups in total. The third-order valence-electron chi connectivity index (χ3n) is 2.92. The van der Waals surface area contributed by atoms with Crippen LogP contribution < -0.4 is 5.73 Å². The summed E-state index contributed by atoms with van der Waals surface area (Å²) in [6, 6.07) is 2.18. The number of hydrogen-bond donors (Lipinski definition) is 1. The van der Waals surface area contributed by atoms with Gasteiger partial charge in [-0.15, -0.1) is 23.1 Å². The first-order chi connectivity index (χ1) is 7.81. The van der Waals surface area contributed by atoms with Gasteiger partial charge in [-0.2, -0.15) is 0 Å². The summed E-state index contributed by atoms with van der Waals surface area (Å²) >= 11 is 3.77. The molecule has 1 fully saturated rings. The smallest absolute Gasteiger partial charge is 0.0666 e. The van der Waals surface area contributed by atoms with Crippen LogP contribution in [0.25, 0.3) is 0 Å². The lowest BCUT2D eigenvalue weighted by molar-refractivity contribution is 0.129. The molecule has 4 heteroatoms. The summed E-state index contributed by atoms with van der Waals surface area (Å²) in [7, 11) is 0. The number of ether oxygens (including phenoxy) is 1. The molecule has 2 rings (SSSR count). The first-order valence-corrected chi connectivity index (χ1v) is 7.71. The summed E-state index contributed by atoms with van der Waals surface area (Å²) in [5.41, 5.74) is 7.24. The molecule has 2 atom stereocenters. The second kappa shape index (κ2) is 6.05. The molecule has 0 radical (unpaired) electrons. The average Bonchev–Trinajstić information content (AvgIpc) is 2.92. The Morgan fingerprint density at radius 3 is 3.12 bits per heavy atom. The van der Waals surface area contributed by atoms with E-state index in [1.165, 1.54) is 23.3 Å². The number of nitrogens with two attached hydrogens (primary N) is 1. The van der Waals surface area contributed by atoms with Gasteiger partial charge in [-0.05, 0) is 36.8 Å². The summed E-state index contributed by atoms with van der Waals surface area (Å²) in [6.07, 6.45) is 2.89. The highest BCUT2D eigenvalue weighted by atomic mass is 32.2. The van der Waals surface area contributed by atoms with Crippen molar-refractivity contribution in [2.45, 2.75) is 31.1 Å². The lowest BCUT2D eigenvalue weighted by Gasteiger charge is -2.16. The molecule has 0 spiro atoms. The van der Waals surface area contributed by atoms with Gasteiger partial charge < -0.3 is 10.5 Å². The average molecular weight is 257 g/mol. The molecular weight excluding hydrogens is 238 g/mol. The summed E-state index contributed by atoms with van der Waals surface area (Å²) in [6.45, 7) is 3.83. The SMILES string of the molecule is Cc1ccsc1C(CN)SCC1CCCO1. The van der Waals surface area contributed by atoms with Crippen LogP contribution in [0.1, 0.15) is 28.5 Å². The van der Waals surface area contributed by atoms with E-state index in [4.69, 9.17) is 10.5 Å². The Balaban J connectivity index is 1.88. The number of thiophene rings is 1. The molecule has 0 amide bonds. The van der Waals surface area contributed by atoms with Gasteiger partial charge in [-0.3, -0.25) is 0 Å². The van der Waals surface area contributed by atoms with Crippen molar-refractivity contribution in [3.8, 4) is 0 Å². The summed E-state index contributed by atoms with van der Waals surface area (Å²) < 4.78 is 5.64. The molecule has 1 aliphatic rings. The predicted octanol–water partition coefficient (Wildman–Crippen LogP) is 2.97. The van der Waals surface area contributed by atoms with Crippen LogP contribution in [0.2, 0.25) is 0 Å². The van der Waals surface area contributed by atoms with Crippen LogP contribution in [0.15, 0.2) is 11.4 Å². The molecule has 2 nitrogen and oxygen atoms in total. The minimum atomic E-state index is 0.448. The quantitative estimate of drug-likeness (QED) is 0.881. The van der Waals surface area contributed by atoms with E-state index < -0.39 is 0 Å². The van der Waals surface area contributed by atoms with Gasteiger partial charge in [0.15, 0.2) is 0 Å². The Hall–Kier alpha value is -0.0300. The monoisotopic (exact) mass is 257 g/mol. The van der Waals surface area contributed by atoms with Gasteiger partial charge in [0.2, 0.25) is 0 Å². The van der Waals surface area contributed by atoms with Crippen molar-refractivity contribution in [2.75, 3.05) is 18.9 Å². The largest absolute Gasteiger partial charge is 0.377 e. The van der Waals surface area contributed by atoms with Crippen molar-refractivity contribution >= 4 is 23.1 Å². The molecule has 1 aromatic rings. The van der Waals surface area contributed by atoms with Crippen molar-refractivity contribution < 1.29 is 4.74 Å². The summed E-state index contributed by atoms with van der Waals surface area (Å²) in [5.74, 6) is 1.08. The van der Waals surface area contributed by atoms with Gasteiger partial charge in [0.05, 0.1) is 11.4 Å². The van der Waals surface area contributed by atoms with Gasteiger partial charge in [0.25, 0.3) is 0 Å². The lowest BCUT2D eigenvalue weighted by Crippen LogP contribution is -2.14. The second-order valence-electron chi connectivity index (χ2n) is 4.16. The van der Waals surface area contributed by atoms with E-state index in [1.807, 2.05) is 23.1 Å². The Kier molecular flexibility index (Phi) is 4.70. The Morgan fingerprint density at radius 1 is 1.69 bits per heavy atom. The van der Waals surface area contributed by atoms with Crippen LogP contribution in [0.3, 0.4) is 0 Å². The van der Waals surface area contributed by atoms with Crippen LogP contribution >= 0.6 is 23.1 Å². The van der Waals surface area contributed by atoms with Gasteiger partial charge in [-0.1, -0.05) is 0 Å². The van der Waals surface area contributed by atoms with Gasteiger partial charge in [-0.25, -0.2) is 0 Å². The molecule has 0 aliphatic carbocycles. The number of aryl methyl sites for hydroxylation is 1. The second-order valence-corrected chi connectivity index (χ2v) is 6.34. The van der Waals surface area contributed by atoms with Crippen LogP contribution in [0.5, 0.6) is 0 Å². The first kappa shape index (κ1) is 12.4. The molecule has 2 heterocycles. The van der Waals surface area contributed by atoms with Gasteiger partial charge >= 0.3 is 0 Å². The number of hydrogen-bond acceptors (Lipinski definition) is 4. The van der Waals surface area contributed by atoms with Crippen LogP contribution in [0.4, 0.5) is 0 Å². The fourth-order valence-corrected chi connectivity index (χ4v) is 4.44. The molecule has 1 saturated heterocycles. The highest BCUT2D eigenvalue weighted by Crippen LogP contribution is 2.35. The fourth-order valence-electron chi connectivity index (χ4n) is 1.96. The molecule has 1 aliphatic heterocycles. The third-order valence-corrected chi connectivity index (χ3v) is 5.59. The summed E-state index contributed by atoms with van der Waals surface area (Å²) in [4.78, 5) is 1.44. The molecule has 16 heavy (non-hydrogen) atoms. The zero-order valence-corrected chi connectivity index (χ0v) is 11.3. The zero-order valence-electron chi connectivity index (χ0n) is 9.65. The van der Waals surface area contributed by atoms with Crippen molar-refractivity contribution in [3.63, 3.8) is 0 Å². The van der Waals surface area contributed by atoms with E-state index in [0.29, 0.717) is 11.4 Å². The number of rotatable bonds is 5. The van der Waals surface area contributed by atoms with Crippen molar-refractivity contribution in [3.05, 3.63) is 21.9 Å². The fraction of sp³-hybridized carbons (Fsp3) is 0.667. The van der Waals surface area contributed by atoms with Gasteiger partial charge in [0, 0.05) is 23.8 Å². The minimum Gasteiger partial charge on any atom is -0.377 e. The molecule has 0 aromatic carbocycles. The van der Waals surface area contributed by atoms with E-state index in [2.05, 4.69) is 18.4 Å². The maximum absolute atomic E-state index is 5.86. The zero-order chi connectivity index (χ0) is 11.4. The van der Waals surface area contributed by atoms with Crippen LogP contribution in [-0.4, -0.2) is 25.0 Å². The highest BCUT2D eigenvalue weighted by Gasteiger charge is 2.20. The maximum atomic E-state index is 5.86. The third kappa shape index (κ3) is 3.00. The van der Waals surface area contributed by atoms with E-state index in [-0.39, 0.29) is 0 Å². The van der Waals surface area contributed by atoms with Crippen molar-refractivity contribution in [1.29, 1.82) is 0 Å². The molecule has 2 unspecified atom stereocenters. The molecule has 1 aromatic heterocycles. The Labute approximate surface area is 106 Å². The molecular formula is C12H19NOS2. The standard InChI is InChI=1S/C12H19NOS2/c1-9-4-6-15-12(9)11(7-13)16-8-10-3-2-5-14-10/h4,6,10-11H,2-3,5,7-8,13H2,1H3. The molecule has 0 saturated carbocycles. The van der Waals surface area contributed by atoms with Crippen LogP contribution in [-0.2, 0) is 4.74 Å². The first-order valence-electron chi connectivity index (χ1n) is 5.78.